The van der Waals surface area contributed by atoms with Crippen LogP contribution in [0, 0.1) is 0 Å². The van der Waals surface area contributed by atoms with E-state index in [1.54, 1.807) is 0 Å². The molecule has 0 aromatic rings. The van der Waals surface area contributed by atoms with Gasteiger partial charge in [-0.15, -0.1) is 18.5 Å². The Morgan fingerprint density at radius 2 is 1.86 bits per heavy atom. The third-order valence-electron chi connectivity index (χ3n) is 0.789. The zero-order valence-electron chi connectivity index (χ0n) is 5.07. The Morgan fingerprint density at radius 3 is 1.86 bits per heavy atom. The molecule has 2 atom stereocenters. The molecule has 0 saturated carbocycles. The van der Waals surface area contributed by atoms with Crippen LogP contribution in [0.4, 0.5) is 0 Å². The molecule has 0 bridgehead atoms. The molecule has 0 aliphatic carbocycles. The molecule has 7 heavy (non-hydrogen) atoms. The Labute approximate surface area is 50.9 Å². The van der Waals surface area contributed by atoms with Gasteiger partial charge in [0.25, 0.3) is 0 Å². The van der Waals surface area contributed by atoms with Crippen molar-refractivity contribution in [3.8, 4) is 0 Å². The van der Waals surface area contributed by atoms with E-state index >= 15 is 0 Å². The Bertz CT molecular complexity index is 44.5. The highest BCUT2D eigenvalue weighted by atomic mass is 31.1. The summed E-state index contributed by atoms with van der Waals surface area (Å²) in [5, 5.41) is 0. The van der Waals surface area contributed by atoms with Crippen molar-refractivity contribution >= 4 is 18.5 Å². The summed E-state index contributed by atoms with van der Waals surface area (Å²) in [5.74, 6) is 0. The standard InChI is InChI=1S/C5H14P2/c1-3-4-5(2,6)7/h3-4,6-7H2,1-2H3. The van der Waals surface area contributed by atoms with Crippen LogP contribution in [0.2, 0.25) is 0 Å². The van der Waals surface area contributed by atoms with E-state index < -0.39 is 0 Å². The quantitative estimate of drug-likeness (QED) is 0.511. The molecule has 0 heterocycles. The van der Waals surface area contributed by atoms with Gasteiger partial charge in [-0.1, -0.05) is 20.3 Å². The lowest BCUT2D eigenvalue weighted by molar-refractivity contribution is 0.747. The number of hydrogen-bond acceptors (Lipinski definition) is 0. The van der Waals surface area contributed by atoms with Crippen LogP contribution in [-0.4, -0.2) is 4.90 Å². The molecule has 0 aromatic carbocycles. The highest BCUT2D eigenvalue weighted by molar-refractivity contribution is 7.39. The van der Waals surface area contributed by atoms with Gasteiger partial charge in [0.05, 0.1) is 0 Å². The minimum atomic E-state index is 0.384. The minimum Gasteiger partial charge on any atom is -0.127 e. The average molecular weight is 136 g/mol. The third kappa shape index (κ3) is 6.86. The van der Waals surface area contributed by atoms with Crippen LogP contribution < -0.4 is 0 Å². The van der Waals surface area contributed by atoms with Crippen LogP contribution in [0.25, 0.3) is 0 Å². The summed E-state index contributed by atoms with van der Waals surface area (Å²) < 4.78 is 0. The van der Waals surface area contributed by atoms with Crippen LogP contribution in [0.1, 0.15) is 26.7 Å². The van der Waals surface area contributed by atoms with Crippen molar-refractivity contribution in [2.45, 2.75) is 31.6 Å². The second kappa shape index (κ2) is 3.00. The normalized spacial score (nSPS) is 12.0. The molecular formula is C5H14P2. The fourth-order valence-corrected chi connectivity index (χ4v) is 1.12. The molecule has 2 heteroatoms. The molecule has 0 aliphatic rings. The van der Waals surface area contributed by atoms with Gasteiger partial charge in [-0.25, -0.2) is 0 Å². The first-order valence-corrected chi connectivity index (χ1v) is 3.79. The summed E-state index contributed by atoms with van der Waals surface area (Å²) in [7, 11) is 5.60. The lowest BCUT2D eigenvalue weighted by Gasteiger charge is -2.14. The van der Waals surface area contributed by atoms with Crippen LogP contribution >= 0.6 is 18.5 Å². The predicted octanol–water partition coefficient (Wildman–Crippen LogP) is 2.25. The van der Waals surface area contributed by atoms with Gasteiger partial charge in [0.1, 0.15) is 0 Å². The summed E-state index contributed by atoms with van der Waals surface area (Å²) >= 11 is 0. The van der Waals surface area contributed by atoms with Gasteiger partial charge in [-0.3, -0.25) is 0 Å². The molecule has 0 radical (unpaired) electrons. The van der Waals surface area contributed by atoms with Gasteiger partial charge in [0.15, 0.2) is 0 Å². The van der Waals surface area contributed by atoms with E-state index in [0.29, 0.717) is 4.90 Å². The second-order valence-corrected chi connectivity index (χ2v) is 5.56. The summed E-state index contributed by atoms with van der Waals surface area (Å²) in [5.41, 5.74) is 0. The van der Waals surface area contributed by atoms with E-state index in [1.807, 2.05) is 0 Å². The van der Waals surface area contributed by atoms with Gasteiger partial charge in [-0.2, -0.15) is 0 Å². The van der Waals surface area contributed by atoms with Gasteiger partial charge in [0, 0.05) is 0 Å². The number of rotatable bonds is 2. The summed E-state index contributed by atoms with van der Waals surface area (Å²) in [6.45, 7) is 4.40. The van der Waals surface area contributed by atoms with Crippen molar-refractivity contribution < 1.29 is 0 Å². The molecular weight excluding hydrogens is 122 g/mol. The highest BCUT2D eigenvalue weighted by Crippen LogP contribution is 2.30. The summed E-state index contributed by atoms with van der Waals surface area (Å²) in [6.07, 6.45) is 2.53. The Kier molecular flexibility index (Phi) is 3.37. The zero-order valence-corrected chi connectivity index (χ0v) is 7.38. The van der Waals surface area contributed by atoms with E-state index in [2.05, 4.69) is 32.3 Å². The van der Waals surface area contributed by atoms with Gasteiger partial charge < -0.3 is 0 Å². The van der Waals surface area contributed by atoms with E-state index in [-0.39, 0.29) is 0 Å². The molecule has 0 N–H and O–H groups in total. The van der Waals surface area contributed by atoms with Crippen molar-refractivity contribution in [2.24, 2.45) is 0 Å². The fraction of sp³-hybridized carbons (Fsp3) is 1.00. The van der Waals surface area contributed by atoms with Crippen molar-refractivity contribution in [3.05, 3.63) is 0 Å². The SMILES string of the molecule is CCCC(C)(P)P. The Morgan fingerprint density at radius 1 is 1.43 bits per heavy atom. The topological polar surface area (TPSA) is 0 Å². The number of hydrogen-bond donors (Lipinski definition) is 0. The smallest absolute Gasteiger partial charge is 0.00351 e. The first-order chi connectivity index (χ1) is 3.06. The lowest BCUT2D eigenvalue weighted by Crippen LogP contribution is -2.01. The van der Waals surface area contributed by atoms with Crippen LogP contribution in [-0.2, 0) is 0 Å². The van der Waals surface area contributed by atoms with E-state index in [9.17, 15) is 0 Å². The molecule has 0 fully saturated rings. The van der Waals surface area contributed by atoms with E-state index in [0.717, 1.165) is 0 Å². The molecule has 0 amide bonds. The Hall–Kier alpha value is 0.860. The monoisotopic (exact) mass is 136 g/mol. The molecule has 44 valence electrons. The van der Waals surface area contributed by atoms with E-state index in [1.165, 1.54) is 12.8 Å². The largest absolute Gasteiger partial charge is 0.127 e. The maximum absolute atomic E-state index is 2.80. The van der Waals surface area contributed by atoms with Gasteiger partial charge in [0.2, 0.25) is 0 Å². The average Bonchev–Trinajstić information content (AvgIpc) is 1.30. The first kappa shape index (κ1) is 7.86. The molecule has 0 rings (SSSR count). The van der Waals surface area contributed by atoms with E-state index in [4.69, 9.17) is 0 Å². The molecule has 0 aliphatic heterocycles. The summed E-state index contributed by atoms with van der Waals surface area (Å²) in [4.78, 5) is 0.384. The molecule has 0 nitrogen and oxygen atoms in total. The fourth-order valence-electron chi connectivity index (χ4n) is 0.539. The Balaban J connectivity index is 3.15. The molecule has 2 unspecified atom stereocenters. The van der Waals surface area contributed by atoms with Crippen molar-refractivity contribution in [3.63, 3.8) is 0 Å². The third-order valence-corrected chi connectivity index (χ3v) is 1.37. The maximum atomic E-state index is 2.80. The maximum Gasteiger partial charge on any atom is -0.00351 e. The predicted molar refractivity (Wildman–Crippen MR) is 42.7 cm³/mol. The zero-order chi connectivity index (χ0) is 5.91. The second-order valence-electron chi connectivity index (χ2n) is 2.26. The van der Waals surface area contributed by atoms with Crippen molar-refractivity contribution in [1.82, 2.24) is 0 Å². The first-order valence-electron chi connectivity index (χ1n) is 2.64. The van der Waals surface area contributed by atoms with Crippen molar-refractivity contribution in [1.29, 1.82) is 0 Å². The minimum absolute atomic E-state index is 0.384. The van der Waals surface area contributed by atoms with Crippen LogP contribution in [0.3, 0.4) is 0 Å². The lowest BCUT2D eigenvalue weighted by atomic mass is 10.3. The van der Waals surface area contributed by atoms with Crippen LogP contribution in [0.5, 0.6) is 0 Å². The van der Waals surface area contributed by atoms with Gasteiger partial charge >= 0.3 is 0 Å². The van der Waals surface area contributed by atoms with Crippen molar-refractivity contribution in [2.75, 3.05) is 0 Å². The molecule has 0 spiro atoms. The summed E-state index contributed by atoms with van der Waals surface area (Å²) in [6, 6.07) is 0. The highest BCUT2D eigenvalue weighted by Gasteiger charge is 2.06. The van der Waals surface area contributed by atoms with Gasteiger partial charge in [-0.05, 0) is 11.3 Å². The van der Waals surface area contributed by atoms with Crippen LogP contribution in [0.15, 0.2) is 0 Å². The molecule has 0 aromatic heterocycles. The molecule has 0 saturated heterocycles.